The first-order valence-corrected chi connectivity index (χ1v) is 7.84. The zero-order valence-corrected chi connectivity index (χ0v) is 12.7. The molecule has 0 saturated heterocycles. The Morgan fingerprint density at radius 3 is 2.60 bits per heavy atom. The van der Waals surface area contributed by atoms with Crippen molar-refractivity contribution in [2.75, 3.05) is 25.1 Å². The molecule has 0 heterocycles. The Bertz CT molecular complexity index is 582. The fourth-order valence-electron chi connectivity index (χ4n) is 1.53. The molecule has 1 amide bonds. The third-order valence-corrected chi connectivity index (χ3v) is 4.25. The van der Waals surface area contributed by atoms with Gasteiger partial charge in [0, 0.05) is 12.6 Å². The minimum atomic E-state index is -3.79. The lowest BCUT2D eigenvalue weighted by atomic mass is 10.2. The topological polar surface area (TPSA) is 98.5 Å². The van der Waals surface area contributed by atoms with Gasteiger partial charge in [0.05, 0.1) is 17.7 Å². The number of amides is 1. The quantitative estimate of drug-likeness (QED) is 0.758. The molecule has 0 aliphatic rings. The van der Waals surface area contributed by atoms with E-state index in [-0.39, 0.29) is 16.5 Å². The zero-order valence-electron chi connectivity index (χ0n) is 11.8. The van der Waals surface area contributed by atoms with E-state index in [1.807, 2.05) is 13.8 Å². The van der Waals surface area contributed by atoms with E-state index in [1.165, 1.54) is 19.2 Å². The summed E-state index contributed by atoms with van der Waals surface area (Å²) in [4.78, 5) is 11.6. The van der Waals surface area contributed by atoms with Crippen molar-refractivity contribution in [3.8, 4) is 5.75 Å². The fourth-order valence-corrected chi connectivity index (χ4v) is 2.86. The Morgan fingerprint density at radius 1 is 1.40 bits per heavy atom. The molecule has 6 nitrogen and oxygen atoms in total. The lowest BCUT2D eigenvalue weighted by molar-refractivity contribution is -0.118. The van der Waals surface area contributed by atoms with E-state index < -0.39 is 21.5 Å². The van der Waals surface area contributed by atoms with Crippen molar-refractivity contribution in [2.45, 2.75) is 18.7 Å². The van der Waals surface area contributed by atoms with Crippen LogP contribution in [0, 0.1) is 5.92 Å². The van der Waals surface area contributed by atoms with E-state index in [2.05, 4.69) is 5.32 Å². The number of carbonyl (C=O) groups excluding carboxylic acids is 1. The van der Waals surface area contributed by atoms with E-state index >= 15 is 0 Å². The molecule has 3 N–H and O–H groups in total. The van der Waals surface area contributed by atoms with Crippen molar-refractivity contribution in [2.24, 2.45) is 5.92 Å². The number of nitrogen functional groups attached to an aromatic ring is 1. The van der Waals surface area contributed by atoms with E-state index in [0.717, 1.165) is 0 Å². The third-order valence-electron chi connectivity index (χ3n) is 2.58. The average Bonchev–Trinajstić information content (AvgIpc) is 2.36. The summed E-state index contributed by atoms with van der Waals surface area (Å²) >= 11 is 0. The monoisotopic (exact) mass is 300 g/mol. The lowest BCUT2D eigenvalue weighted by Crippen LogP contribution is -2.33. The van der Waals surface area contributed by atoms with E-state index in [9.17, 15) is 13.2 Å². The van der Waals surface area contributed by atoms with Crippen molar-refractivity contribution in [3.05, 3.63) is 18.2 Å². The van der Waals surface area contributed by atoms with Crippen molar-refractivity contribution < 1.29 is 17.9 Å². The molecule has 0 fully saturated rings. The molecule has 1 aromatic carbocycles. The molecule has 0 radical (unpaired) electrons. The van der Waals surface area contributed by atoms with Gasteiger partial charge in [-0.1, -0.05) is 13.8 Å². The number of nitrogens with one attached hydrogen (secondary N) is 1. The smallest absolute Gasteiger partial charge is 0.235 e. The van der Waals surface area contributed by atoms with Crippen molar-refractivity contribution >= 4 is 21.4 Å². The van der Waals surface area contributed by atoms with Gasteiger partial charge in [0.25, 0.3) is 0 Å². The first kappa shape index (κ1) is 16.3. The normalized spacial score (nSPS) is 11.4. The number of sulfone groups is 1. The van der Waals surface area contributed by atoms with Crippen LogP contribution < -0.4 is 15.8 Å². The molecule has 0 saturated carbocycles. The summed E-state index contributed by atoms with van der Waals surface area (Å²) in [7, 11) is -2.36. The zero-order chi connectivity index (χ0) is 15.3. The van der Waals surface area contributed by atoms with Crippen LogP contribution >= 0.6 is 0 Å². The highest BCUT2D eigenvalue weighted by Gasteiger charge is 2.22. The van der Waals surface area contributed by atoms with Crippen LogP contribution in [0.4, 0.5) is 5.69 Å². The molecule has 0 aromatic heterocycles. The van der Waals surface area contributed by atoms with Gasteiger partial charge in [-0.3, -0.25) is 4.79 Å². The second-order valence-electron chi connectivity index (χ2n) is 4.86. The van der Waals surface area contributed by atoms with Crippen LogP contribution in [0.2, 0.25) is 0 Å². The van der Waals surface area contributed by atoms with Crippen molar-refractivity contribution in [3.63, 3.8) is 0 Å². The standard InChI is InChI=1S/C13H20N2O4S/c1-9(2)7-15-13(16)8-20(17,18)12-6-10(19-3)4-5-11(12)14/h4-6,9H,7-8,14H2,1-3H3,(H,15,16). The van der Waals surface area contributed by atoms with Crippen LogP contribution in [0.3, 0.4) is 0 Å². The third kappa shape index (κ3) is 4.41. The van der Waals surface area contributed by atoms with Gasteiger partial charge < -0.3 is 15.8 Å². The second kappa shape index (κ2) is 6.60. The number of hydrogen-bond donors (Lipinski definition) is 2. The Morgan fingerprint density at radius 2 is 2.05 bits per heavy atom. The summed E-state index contributed by atoms with van der Waals surface area (Å²) in [6.07, 6.45) is 0. The molecular weight excluding hydrogens is 280 g/mol. The maximum atomic E-state index is 12.2. The van der Waals surface area contributed by atoms with Gasteiger partial charge in [0.1, 0.15) is 11.5 Å². The predicted octanol–water partition coefficient (Wildman–Crippen LogP) is 0.823. The van der Waals surface area contributed by atoms with Gasteiger partial charge in [-0.15, -0.1) is 0 Å². The molecule has 7 heteroatoms. The van der Waals surface area contributed by atoms with E-state index in [4.69, 9.17) is 10.5 Å². The number of methoxy groups -OCH3 is 1. The molecule has 0 unspecified atom stereocenters. The summed E-state index contributed by atoms with van der Waals surface area (Å²) in [5.74, 6) is -0.540. The lowest BCUT2D eigenvalue weighted by Gasteiger charge is -2.10. The maximum absolute atomic E-state index is 12.2. The van der Waals surface area contributed by atoms with E-state index in [0.29, 0.717) is 12.3 Å². The van der Waals surface area contributed by atoms with Crippen molar-refractivity contribution in [1.29, 1.82) is 0 Å². The highest BCUT2D eigenvalue weighted by molar-refractivity contribution is 7.92. The summed E-state index contributed by atoms with van der Waals surface area (Å²) in [6, 6.07) is 4.32. The number of rotatable bonds is 6. The Balaban J connectivity index is 2.91. The van der Waals surface area contributed by atoms with E-state index in [1.54, 1.807) is 6.07 Å². The molecule has 20 heavy (non-hydrogen) atoms. The molecule has 0 spiro atoms. The van der Waals surface area contributed by atoms with Crippen LogP contribution in [-0.4, -0.2) is 33.7 Å². The highest BCUT2D eigenvalue weighted by Crippen LogP contribution is 2.24. The van der Waals surface area contributed by atoms with Crippen LogP contribution in [0.1, 0.15) is 13.8 Å². The van der Waals surface area contributed by atoms with Crippen molar-refractivity contribution in [1.82, 2.24) is 5.32 Å². The Kier molecular flexibility index (Phi) is 5.38. The van der Waals surface area contributed by atoms with Gasteiger partial charge in [0.2, 0.25) is 5.91 Å². The van der Waals surface area contributed by atoms with Crippen LogP contribution in [0.5, 0.6) is 5.75 Å². The number of anilines is 1. The molecule has 112 valence electrons. The average molecular weight is 300 g/mol. The number of benzene rings is 1. The largest absolute Gasteiger partial charge is 0.497 e. The first-order valence-electron chi connectivity index (χ1n) is 6.19. The molecule has 0 atom stereocenters. The number of nitrogens with two attached hydrogens (primary N) is 1. The molecular formula is C13H20N2O4S. The molecule has 0 aliphatic carbocycles. The second-order valence-corrected chi connectivity index (χ2v) is 6.82. The SMILES string of the molecule is COc1ccc(N)c(S(=O)(=O)CC(=O)NCC(C)C)c1. The maximum Gasteiger partial charge on any atom is 0.235 e. The van der Waals surface area contributed by atoms with Crippen LogP contribution in [-0.2, 0) is 14.6 Å². The summed E-state index contributed by atoms with van der Waals surface area (Å²) in [5, 5.41) is 2.57. The number of carbonyl (C=O) groups is 1. The van der Waals surface area contributed by atoms with Gasteiger partial charge >= 0.3 is 0 Å². The molecule has 1 aromatic rings. The summed E-state index contributed by atoms with van der Waals surface area (Å²) in [5.41, 5.74) is 5.76. The Labute approximate surface area is 119 Å². The predicted molar refractivity (Wildman–Crippen MR) is 77.3 cm³/mol. The fraction of sp³-hybridized carbons (Fsp3) is 0.462. The van der Waals surface area contributed by atoms with Gasteiger partial charge in [-0.05, 0) is 18.1 Å². The van der Waals surface area contributed by atoms with Gasteiger partial charge in [-0.2, -0.15) is 0 Å². The minimum absolute atomic E-state index is 0.0865. The van der Waals surface area contributed by atoms with Gasteiger partial charge in [0.15, 0.2) is 9.84 Å². The summed E-state index contributed by atoms with van der Waals surface area (Å²) < 4.78 is 29.3. The molecule has 0 bridgehead atoms. The first-order chi connectivity index (χ1) is 9.26. The molecule has 0 aliphatic heterocycles. The number of hydrogen-bond acceptors (Lipinski definition) is 5. The van der Waals surface area contributed by atoms with Gasteiger partial charge in [-0.25, -0.2) is 8.42 Å². The molecule has 1 rings (SSSR count). The van der Waals surface area contributed by atoms with Crippen LogP contribution in [0.15, 0.2) is 23.1 Å². The minimum Gasteiger partial charge on any atom is -0.497 e. The van der Waals surface area contributed by atoms with Crippen LogP contribution in [0.25, 0.3) is 0 Å². The Hall–Kier alpha value is -1.76. The highest BCUT2D eigenvalue weighted by atomic mass is 32.2. The number of ether oxygens (including phenoxy) is 1. The summed E-state index contributed by atoms with van der Waals surface area (Å²) in [6.45, 7) is 4.28.